The summed E-state index contributed by atoms with van der Waals surface area (Å²) in [5.74, 6) is -0.291. The highest BCUT2D eigenvalue weighted by molar-refractivity contribution is 7.19. The Morgan fingerprint density at radius 1 is 1.06 bits per heavy atom. The van der Waals surface area contributed by atoms with E-state index in [1.165, 1.54) is 16.8 Å². The van der Waals surface area contributed by atoms with Crippen molar-refractivity contribution in [2.75, 3.05) is 32.1 Å². The minimum Gasteiger partial charge on any atom is -0.346 e. The third-order valence-electron chi connectivity index (χ3n) is 6.51. The summed E-state index contributed by atoms with van der Waals surface area (Å²) < 4.78 is 15.1. The number of aryl methyl sites for hydroxylation is 2. The first-order chi connectivity index (χ1) is 16.8. The van der Waals surface area contributed by atoms with Crippen LogP contribution in [-0.2, 0) is 0 Å². The second-order valence-corrected chi connectivity index (χ2v) is 10.3. The largest absolute Gasteiger partial charge is 0.346 e. The molecule has 1 aliphatic heterocycles. The quantitative estimate of drug-likeness (QED) is 0.398. The third kappa shape index (κ3) is 4.63. The van der Waals surface area contributed by atoms with Gasteiger partial charge in [-0.3, -0.25) is 4.79 Å². The van der Waals surface area contributed by atoms with E-state index in [0.29, 0.717) is 11.7 Å². The van der Waals surface area contributed by atoms with Crippen molar-refractivity contribution in [2.45, 2.75) is 26.3 Å². The van der Waals surface area contributed by atoms with Crippen LogP contribution in [0.15, 0.2) is 59.4 Å². The van der Waals surface area contributed by atoms with Crippen molar-refractivity contribution in [3.05, 3.63) is 81.9 Å². The number of likely N-dealkylation sites (N-methyl/N-ethyl adjacent to an activating group) is 1. The summed E-state index contributed by atoms with van der Waals surface area (Å²) in [5, 5.41) is 5.68. The van der Waals surface area contributed by atoms with Crippen molar-refractivity contribution < 1.29 is 4.39 Å². The summed E-state index contributed by atoms with van der Waals surface area (Å²) in [7, 11) is 4.21. The first kappa shape index (κ1) is 23.4. The molecule has 1 aliphatic rings. The van der Waals surface area contributed by atoms with Gasteiger partial charge in [0.1, 0.15) is 11.5 Å². The van der Waals surface area contributed by atoms with Crippen molar-refractivity contribution in [1.29, 1.82) is 0 Å². The molecular formula is C27H28FN5OS. The molecule has 5 rings (SSSR count). The van der Waals surface area contributed by atoms with E-state index in [1.807, 2.05) is 32.0 Å². The van der Waals surface area contributed by atoms with Gasteiger partial charge in [-0.1, -0.05) is 29.0 Å². The van der Waals surface area contributed by atoms with Gasteiger partial charge >= 0.3 is 0 Å². The molecule has 2 aromatic heterocycles. The van der Waals surface area contributed by atoms with Gasteiger partial charge in [0.05, 0.1) is 16.3 Å². The number of anilines is 1. The van der Waals surface area contributed by atoms with E-state index in [0.717, 1.165) is 57.6 Å². The maximum atomic E-state index is 13.7. The molecule has 1 unspecified atom stereocenters. The number of halogens is 1. The Balaban J connectivity index is 1.62. The second kappa shape index (κ2) is 9.36. The van der Waals surface area contributed by atoms with E-state index in [4.69, 9.17) is 10.1 Å². The number of nitrogens with zero attached hydrogens (tertiary/aromatic N) is 5. The average molecular weight is 490 g/mol. The molecule has 3 heterocycles. The zero-order chi connectivity index (χ0) is 24.7. The van der Waals surface area contributed by atoms with Crippen molar-refractivity contribution in [3.63, 3.8) is 0 Å². The predicted molar refractivity (Wildman–Crippen MR) is 140 cm³/mol. The lowest BCUT2D eigenvalue weighted by molar-refractivity contribution is 0.315. The van der Waals surface area contributed by atoms with Gasteiger partial charge in [0.2, 0.25) is 0 Å². The summed E-state index contributed by atoms with van der Waals surface area (Å²) in [6.45, 7) is 5.83. The Bertz CT molecular complexity index is 1430. The SMILES string of the molecule is Cc1ccc(-n2nc(-c3sc(N4CCC(N(C)C)C4)nc3-c3ccc(F)cc3)ccc2=O)c(C)c1. The van der Waals surface area contributed by atoms with Gasteiger partial charge < -0.3 is 9.80 Å². The molecule has 0 saturated carbocycles. The summed E-state index contributed by atoms with van der Waals surface area (Å²) >= 11 is 1.56. The van der Waals surface area contributed by atoms with E-state index in [9.17, 15) is 9.18 Å². The fourth-order valence-electron chi connectivity index (χ4n) is 4.51. The maximum absolute atomic E-state index is 13.7. The van der Waals surface area contributed by atoms with E-state index < -0.39 is 0 Å². The van der Waals surface area contributed by atoms with Crippen LogP contribution in [0.1, 0.15) is 17.5 Å². The lowest BCUT2D eigenvalue weighted by Crippen LogP contribution is -2.31. The van der Waals surface area contributed by atoms with Crippen molar-refractivity contribution in [2.24, 2.45) is 0 Å². The summed E-state index contributed by atoms with van der Waals surface area (Å²) in [6, 6.07) is 16.1. The highest BCUT2D eigenvalue weighted by Crippen LogP contribution is 2.40. The second-order valence-electron chi connectivity index (χ2n) is 9.29. The first-order valence-electron chi connectivity index (χ1n) is 11.7. The maximum Gasteiger partial charge on any atom is 0.271 e. The van der Waals surface area contributed by atoms with Crippen LogP contribution in [0, 0.1) is 19.7 Å². The molecule has 1 fully saturated rings. The summed E-state index contributed by atoms with van der Waals surface area (Å²) in [5.41, 5.74) is 4.90. The topological polar surface area (TPSA) is 54.3 Å². The smallest absolute Gasteiger partial charge is 0.271 e. The molecule has 1 atom stereocenters. The monoisotopic (exact) mass is 489 g/mol. The first-order valence-corrected chi connectivity index (χ1v) is 12.5. The van der Waals surface area contributed by atoms with Crippen LogP contribution in [-0.4, -0.2) is 52.9 Å². The molecule has 0 radical (unpaired) electrons. The van der Waals surface area contributed by atoms with E-state index in [-0.39, 0.29) is 11.4 Å². The lowest BCUT2D eigenvalue weighted by Gasteiger charge is -2.19. The van der Waals surface area contributed by atoms with E-state index in [2.05, 4.69) is 23.9 Å². The number of hydrogen-bond acceptors (Lipinski definition) is 6. The highest BCUT2D eigenvalue weighted by atomic mass is 32.1. The highest BCUT2D eigenvalue weighted by Gasteiger charge is 2.28. The Kier molecular flexibility index (Phi) is 6.25. The normalized spacial score (nSPS) is 15.8. The lowest BCUT2D eigenvalue weighted by atomic mass is 10.1. The number of hydrogen-bond donors (Lipinski definition) is 0. The summed E-state index contributed by atoms with van der Waals surface area (Å²) in [4.78, 5) is 23.2. The van der Waals surface area contributed by atoms with Crippen LogP contribution >= 0.6 is 11.3 Å². The van der Waals surface area contributed by atoms with Crippen molar-refractivity contribution >= 4 is 16.5 Å². The minimum atomic E-state index is -0.291. The van der Waals surface area contributed by atoms with Gasteiger partial charge in [0, 0.05) is 30.8 Å². The molecule has 180 valence electrons. The van der Waals surface area contributed by atoms with Gasteiger partial charge in [-0.2, -0.15) is 9.78 Å². The van der Waals surface area contributed by atoms with Gasteiger partial charge in [0.15, 0.2) is 5.13 Å². The molecular weight excluding hydrogens is 461 g/mol. The summed E-state index contributed by atoms with van der Waals surface area (Å²) in [6.07, 6.45) is 1.07. The van der Waals surface area contributed by atoms with Gasteiger partial charge in [-0.25, -0.2) is 9.37 Å². The molecule has 35 heavy (non-hydrogen) atoms. The predicted octanol–water partition coefficient (Wildman–Crippen LogP) is 4.92. The number of benzene rings is 2. The minimum absolute atomic E-state index is 0.192. The van der Waals surface area contributed by atoms with E-state index in [1.54, 1.807) is 35.6 Å². The van der Waals surface area contributed by atoms with Crippen LogP contribution in [0.5, 0.6) is 0 Å². The fourth-order valence-corrected chi connectivity index (χ4v) is 5.59. The van der Waals surface area contributed by atoms with Crippen LogP contribution < -0.4 is 10.5 Å². The molecule has 6 nitrogen and oxygen atoms in total. The van der Waals surface area contributed by atoms with Crippen molar-refractivity contribution in [3.8, 4) is 27.5 Å². The number of thiazole rings is 1. The van der Waals surface area contributed by atoms with Gasteiger partial charge in [-0.15, -0.1) is 0 Å². The molecule has 0 bridgehead atoms. The van der Waals surface area contributed by atoms with Crippen molar-refractivity contribution in [1.82, 2.24) is 19.7 Å². The standard InChI is InChI=1S/C27H28FN5OS/c1-17-5-11-23(18(2)15-17)33-24(34)12-10-22(30-33)26-25(19-6-8-20(28)9-7-19)29-27(35-26)32-14-13-21(16-32)31(3)4/h5-12,15,21H,13-14,16H2,1-4H3. The van der Waals surface area contributed by atoms with Crippen LogP contribution in [0.4, 0.5) is 9.52 Å². The fraction of sp³-hybridized carbons (Fsp3) is 0.296. The molecule has 0 N–H and O–H groups in total. The molecule has 4 aromatic rings. The third-order valence-corrected chi connectivity index (χ3v) is 7.65. The van der Waals surface area contributed by atoms with Crippen LogP contribution in [0.2, 0.25) is 0 Å². The Morgan fingerprint density at radius 3 is 2.51 bits per heavy atom. The molecule has 8 heteroatoms. The van der Waals surface area contributed by atoms with Crippen LogP contribution in [0.25, 0.3) is 27.5 Å². The number of aromatic nitrogens is 3. The average Bonchev–Trinajstić information content (AvgIpc) is 3.48. The molecule has 0 aliphatic carbocycles. The zero-order valence-corrected chi connectivity index (χ0v) is 21.1. The molecule has 0 spiro atoms. The Hall–Kier alpha value is -3.36. The van der Waals surface area contributed by atoms with Gasteiger partial charge in [0.25, 0.3) is 5.56 Å². The molecule has 2 aromatic carbocycles. The Labute approximate surface area is 208 Å². The Morgan fingerprint density at radius 2 is 1.83 bits per heavy atom. The molecule has 0 amide bonds. The number of rotatable bonds is 5. The molecule has 1 saturated heterocycles. The zero-order valence-electron chi connectivity index (χ0n) is 20.3. The van der Waals surface area contributed by atoms with Crippen LogP contribution in [0.3, 0.4) is 0 Å². The van der Waals surface area contributed by atoms with E-state index >= 15 is 0 Å². The van der Waals surface area contributed by atoms with Gasteiger partial charge in [-0.05, 0) is 76.3 Å².